The molecule has 1 unspecified atom stereocenters. The number of carbonyl (C=O) groups is 2. The number of hydrogen-bond donors (Lipinski definition) is 2. The Morgan fingerprint density at radius 1 is 1.53 bits per heavy atom. The lowest BCUT2D eigenvalue weighted by Gasteiger charge is -2.20. The van der Waals surface area contributed by atoms with E-state index >= 15 is 0 Å². The molecule has 0 saturated carbocycles. The summed E-state index contributed by atoms with van der Waals surface area (Å²) >= 11 is 1.21. The number of carbonyl (C=O) groups excluding carboxylic acids is 1. The predicted molar refractivity (Wildman–Crippen MR) is 67.8 cm³/mol. The quantitative estimate of drug-likeness (QED) is 0.832. The van der Waals surface area contributed by atoms with Gasteiger partial charge in [-0.2, -0.15) is 0 Å². The number of anilines is 1. The van der Waals surface area contributed by atoms with Gasteiger partial charge in [-0.25, -0.2) is 4.79 Å². The summed E-state index contributed by atoms with van der Waals surface area (Å²) in [6.07, 6.45) is 0. The molecule has 0 saturated heterocycles. The standard InChI is InChI=1S/C11H16N2O3S/c1-7(10(14)12-2)6-13(3)9-5-4-8(17-9)11(15)16/h4-5,7H,6H2,1-3H3,(H,12,14)(H,15,16). The minimum atomic E-state index is -0.922. The van der Waals surface area contributed by atoms with Gasteiger partial charge < -0.3 is 15.3 Å². The van der Waals surface area contributed by atoms with Crippen LogP contribution in [-0.2, 0) is 4.79 Å². The van der Waals surface area contributed by atoms with Gasteiger partial charge in [0.2, 0.25) is 5.91 Å². The summed E-state index contributed by atoms with van der Waals surface area (Å²) in [7, 11) is 3.45. The number of hydrogen-bond acceptors (Lipinski definition) is 4. The van der Waals surface area contributed by atoms with E-state index in [0.29, 0.717) is 11.4 Å². The molecule has 1 amide bonds. The van der Waals surface area contributed by atoms with Crippen molar-refractivity contribution in [3.63, 3.8) is 0 Å². The fraction of sp³-hybridized carbons (Fsp3) is 0.455. The number of thiophene rings is 1. The van der Waals surface area contributed by atoms with Gasteiger partial charge in [0.05, 0.1) is 10.9 Å². The number of carboxylic acids is 1. The smallest absolute Gasteiger partial charge is 0.345 e. The molecule has 2 N–H and O–H groups in total. The van der Waals surface area contributed by atoms with Crippen molar-refractivity contribution in [2.45, 2.75) is 6.92 Å². The maximum atomic E-state index is 11.4. The summed E-state index contributed by atoms with van der Waals surface area (Å²) in [5.41, 5.74) is 0. The highest BCUT2D eigenvalue weighted by Crippen LogP contribution is 2.25. The zero-order valence-corrected chi connectivity index (χ0v) is 10.9. The van der Waals surface area contributed by atoms with E-state index in [1.54, 1.807) is 19.2 Å². The third-order valence-electron chi connectivity index (χ3n) is 2.42. The molecule has 0 aromatic carbocycles. The number of amides is 1. The van der Waals surface area contributed by atoms with Crippen LogP contribution in [0.15, 0.2) is 12.1 Å². The zero-order chi connectivity index (χ0) is 13.0. The summed E-state index contributed by atoms with van der Waals surface area (Å²) < 4.78 is 0. The Labute approximate surface area is 104 Å². The van der Waals surface area contributed by atoms with Gasteiger partial charge >= 0.3 is 5.97 Å². The second-order valence-corrected chi connectivity index (χ2v) is 4.90. The van der Waals surface area contributed by atoms with Crippen LogP contribution in [0, 0.1) is 5.92 Å². The monoisotopic (exact) mass is 256 g/mol. The maximum Gasteiger partial charge on any atom is 0.345 e. The van der Waals surface area contributed by atoms with E-state index in [0.717, 1.165) is 5.00 Å². The van der Waals surface area contributed by atoms with Gasteiger partial charge in [0, 0.05) is 20.6 Å². The van der Waals surface area contributed by atoms with Crippen LogP contribution in [0.4, 0.5) is 5.00 Å². The van der Waals surface area contributed by atoms with Crippen molar-refractivity contribution in [1.82, 2.24) is 5.32 Å². The van der Waals surface area contributed by atoms with Crippen molar-refractivity contribution in [1.29, 1.82) is 0 Å². The van der Waals surface area contributed by atoms with Gasteiger partial charge in [-0.15, -0.1) is 11.3 Å². The lowest BCUT2D eigenvalue weighted by molar-refractivity contribution is -0.123. The molecule has 0 aliphatic heterocycles. The molecule has 0 bridgehead atoms. The van der Waals surface area contributed by atoms with E-state index < -0.39 is 5.97 Å². The number of nitrogens with one attached hydrogen (secondary N) is 1. The molecular weight excluding hydrogens is 240 g/mol. The Morgan fingerprint density at radius 3 is 2.65 bits per heavy atom. The van der Waals surface area contributed by atoms with Crippen molar-refractivity contribution >= 4 is 28.2 Å². The van der Waals surface area contributed by atoms with Crippen molar-refractivity contribution in [2.75, 3.05) is 25.5 Å². The summed E-state index contributed by atoms with van der Waals surface area (Å²) in [6, 6.07) is 3.33. The first-order valence-corrected chi connectivity index (χ1v) is 6.03. The van der Waals surface area contributed by atoms with E-state index in [1.165, 1.54) is 11.3 Å². The molecule has 6 heteroatoms. The highest BCUT2D eigenvalue weighted by Gasteiger charge is 2.16. The van der Waals surface area contributed by atoms with Crippen LogP contribution < -0.4 is 10.2 Å². The van der Waals surface area contributed by atoms with Crippen molar-refractivity contribution < 1.29 is 14.7 Å². The van der Waals surface area contributed by atoms with Crippen LogP contribution in [-0.4, -0.2) is 37.6 Å². The normalized spacial score (nSPS) is 11.9. The first kappa shape index (κ1) is 13.5. The van der Waals surface area contributed by atoms with E-state index in [-0.39, 0.29) is 11.8 Å². The molecule has 17 heavy (non-hydrogen) atoms. The SMILES string of the molecule is CNC(=O)C(C)CN(C)c1ccc(C(=O)O)s1. The average molecular weight is 256 g/mol. The van der Waals surface area contributed by atoms with Crippen LogP contribution in [0.2, 0.25) is 0 Å². The molecule has 1 atom stereocenters. The van der Waals surface area contributed by atoms with Gasteiger partial charge in [-0.05, 0) is 12.1 Å². The zero-order valence-electron chi connectivity index (χ0n) is 10.1. The molecule has 0 radical (unpaired) electrons. The van der Waals surface area contributed by atoms with Crippen molar-refractivity contribution in [3.8, 4) is 0 Å². The first-order valence-electron chi connectivity index (χ1n) is 5.21. The fourth-order valence-corrected chi connectivity index (χ4v) is 2.29. The molecule has 0 spiro atoms. The van der Waals surface area contributed by atoms with Crippen LogP contribution in [0.5, 0.6) is 0 Å². The fourth-order valence-electron chi connectivity index (χ4n) is 1.48. The second kappa shape index (κ2) is 5.67. The third-order valence-corrected chi connectivity index (χ3v) is 3.61. The lowest BCUT2D eigenvalue weighted by atomic mass is 10.1. The Kier molecular flexibility index (Phi) is 4.51. The van der Waals surface area contributed by atoms with E-state index in [1.807, 2.05) is 18.9 Å². The van der Waals surface area contributed by atoms with Gasteiger partial charge in [0.15, 0.2) is 0 Å². The summed E-state index contributed by atoms with van der Waals surface area (Å²) in [6.45, 7) is 2.39. The molecule has 0 fully saturated rings. The molecule has 0 aliphatic carbocycles. The number of carboxylic acid groups (broad SMARTS) is 1. The minimum Gasteiger partial charge on any atom is -0.477 e. The lowest BCUT2D eigenvalue weighted by Crippen LogP contribution is -2.34. The minimum absolute atomic E-state index is 0.0214. The second-order valence-electron chi connectivity index (χ2n) is 3.84. The Morgan fingerprint density at radius 2 is 2.18 bits per heavy atom. The van der Waals surface area contributed by atoms with Gasteiger partial charge in [-0.3, -0.25) is 4.79 Å². The number of nitrogens with zero attached hydrogens (tertiary/aromatic N) is 1. The average Bonchev–Trinajstić information content (AvgIpc) is 2.77. The molecule has 1 aromatic rings. The van der Waals surface area contributed by atoms with Gasteiger partial charge in [-0.1, -0.05) is 6.92 Å². The molecule has 1 aromatic heterocycles. The Balaban J connectivity index is 2.66. The summed E-state index contributed by atoms with van der Waals surface area (Å²) in [5.74, 6) is -1.08. The molecule has 5 nitrogen and oxygen atoms in total. The van der Waals surface area contributed by atoms with E-state index in [9.17, 15) is 9.59 Å². The van der Waals surface area contributed by atoms with Crippen LogP contribution in [0.1, 0.15) is 16.6 Å². The molecule has 0 aliphatic rings. The maximum absolute atomic E-state index is 11.4. The largest absolute Gasteiger partial charge is 0.477 e. The van der Waals surface area contributed by atoms with Gasteiger partial charge in [0.25, 0.3) is 0 Å². The van der Waals surface area contributed by atoms with Crippen molar-refractivity contribution in [2.24, 2.45) is 5.92 Å². The van der Waals surface area contributed by atoms with Crippen LogP contribution >= 0.6 is 11.3 Å². The first-order chi connectivity index (χ1) is 7.95. The third kappa shape index (κ3) is 3.45. The Hall–Kier alpha value is -1.56. The number of rotatable bonds is 5. The summed E-state index contributed by atoms with van der Waals surface area (Å²) in [5, 5.41) is 12.3. The number of aromatic carboxylic acids is 1. The molecular formula is C11H16N2O3S. The predicted octanol–water partition coefficient (Wildman–Crippen LogP) is 1.26. The topological polar surface area (TPSA) is 69.6 Å². The molecule has 94 valence electrons. The highest BCUT2D eigenvalue weighted by molar-refractivity contribution is 7.17. The molecule has 1 heterocycles. The van der Waals surface area contributed by atoms with Crippen LogP contribution in [0.3, 0.4) is 0 Å². The summed E-state index contributed by atoms with van der Waals surface area (Å²) in [4.78, 5) is 24.3. The highest BCUT2D eigenvalue weighted by atomic mass is 32.1. The van der Waals surface area contributed by atoms with Crippen LogP contribution in [0.25, 0.3) is 0 Å². The van der Waals surface area contributed by atoms with E-state index in [2.05, 4.69) is 5.32 Å². The molecule has 1 rings (SSSR count). The van der Waals surface area contributed by atoms with E-state index in [4.69, 9.17) is 5.11 Å². The van der Waals surface area contributed by atoms with Gasteiger partial charge in [0.1, 0.15) is 4.88 Å². The Bertz CT molecular complexity index is 417. The van der Waals surface area contributed by atoms with Crippen molar-refractivity contribution in [3.05, 3.63) is 17.0 Å².